The van der Waals surface area contributed by atoms with Crippen molar-refractivity contribution in [1.29, 1.82) is 0 Å². The quantitative estimate of drug-likeness (QED) is 0.467. The van der Waals surface area contributed by atoms with Gasteiger partial charge in [-0.25, -0.2) is 9.97 Å². The average Bonchev–Trinajstić information content (AvgIpc) is 3.34. The molecule has 0 bridgehead atoms. The molecule has 1 aromatic carbocycles. The zero-order valence-corrected chi connectivity index (χ0v) is 18.6. The highest BCUT2D eigenvalue weighted by atomic mass is 32.1. The highest BCUT2D eigenvalue weighted by Crippen LogP contribution is 2.24. The minimum Gasteiger partial charge on any atom is -0.444 e. The SMILES string of the molecule is CN=C(NCCc1nc(C(C)(C)C)cs1)NCc1coc(-c2ccc(C)cc2)n1. The molecule has 3 rings (SSSR count). The van der Waals surface area contributed by atoms with Gasteiger partial charge in [-0.15, -0.1) is 11.3 Å². The molecular weight excluding hydrogens is 382 g/mol. The molecule has 0 atom stereocenters. The molecule has 0 saturated heterocycles. The Hall–Kier alpha value is -2.67. The summed E-state index contributed by atoms with van der Waals surface area (Å²) >= 11 is 1.71. The summed E-state index contributed by atoms with van der Waals surface area (Å²) in [6.07, 6.45) is 2.54. The van der Waals surface area contributed by atoms with Crippen molar-refractivity contribution in [2.45, 2.75) is 46.1 Å². The summed E-state index contributed by atoms with van der Waals surface area (Å²) in [4.78, 5) is 13.6. The standard InChI is InChI=1S/C22H29N5OS/c1-15-6-8-16(9-7-15)20-26-17(13-28-20)12-25-21(23-5)24-11-10-19-27-18(14-29-19)22(2,3)4/h6-9,13-14H,10-12H2,1-5H3,(H2,23,24,25). The van der Waals surface area contributed by atoms with Crippen LogP contribution in [0, 0.1) is 6.92 Å². The maximum atomic E-state index is 5.61. The summed E-state index contributed by atoms with van der Waals surface area (Å²) in [5.74, 6) is 1.36. The Bertz CT molecular complexity index is 950. The number of guanidine groups is 1. The van der Waals surface area contributed by atoms with E-state index in [2.05, 4.69) is 65.8 Å². The average molecular weight is 412 g/mol. The predicted octanol–water partition coefficient (Wildman–Crippen LogP) is 4.31. The first-order valence-corrected chi connectivity index (χ1v) is 10.6. The van der Waals surface area contributed by atoms with Crippen LogP contribution in [-0.4, -0.2) is 29.5 Å². The molecule has 0 spiro atoms. The molecule has 0 unspecified atom stereocenters. The van der Waals surface area contributed by atoms with Gasteiger partial charge in [-0.3, -0.25) is 4.99 Å². The molecule has 0 aliphatic carbocycles. The number of nitrogens with zero attached hydrogens (tertiary/aromatic N) is 3. The Kier molecular flexibility index (Phi) is 6.69. The van der Waals surface area contributed by atoms with Crippen LogP contribution in [0.15, 0.2) is 45.3 Å². The fraction of sp³-hybridized carbons (Fsp3) is 0.409. The lowest BCUT2D eigenvalue weighted by Crippen LogP contribution is -2.37. The minimum atomic E-state index is 0.0921. The zero-order chi connectivity index (χ0) is 20.9. The summed E-state index contributed by atoms with van der Waals surface area (Å²) < 4.78 is 5.61. The van der Waals surface area contributed by atoms with E-state index in [-0.39, 0.29) is 5.41 Å². The van der Waals surface area contributed by atoms with E-state index in [0.29, 0.717) is 12.4 Å². The predicted molar refractivity (Wildman–Crippen MR) is 119 cm³/mol. The van der Waals surface area contributed by atoms with Gasteiger partial charge < -0.3 is 15.1 Å². The van der Waals surface area contributed by atoms with E-state index >= 15 is 0 Å². The maximum absolute atomic E-state index is 5.61. The highest BCUT2D eigenvalue weighted by Gasteiger charge is 2.17. The smallest absolute Gasteiger partial charge is 0.226 e. The summed E-state index contributed by atoms with van der Waals surface area (Å²) in [5.41, 5.74) is 4.26. The largest absolute Gasteiger partial charge is 0.444 e. The number of aliphatic imine (C=N–C) groups is 1. The Morgan fingerprint density at radius 1 is 1.14 bits per heavy atom. The second kappa shape index (κ2) is 9.22. The highest BCUT2D eigenvalue weighted by molar-refractivity contribution is 7.09. The number of hydrogen-bond donors (Lipinski definition) is 2. The first-order chi connectivity index (χ1) is 13.8. The molecule has 0 aliphatic rings. The van der Waals surface area contributed by atoms with Gasteiger partial charge in [0.05, 0.1) is 22.9 Å². The van der Waals surface area contributed by atoms with Crippen molar-refractivity contribution in [3.63, 3.8) is 0 Å². The van der Waals surface area contributed by atoms with Crippen LogP contribution in [0.2, 0.25) is 0 Å². The number of thiazole rings is 1. The van der Waals surface area contributed by atoms with E-state index in [9.17, 15) is 0 Å². The van der Waals surface area contributed by atoms with Crippen LogP contribution in [0.3, 0.4) is 0 Å². The number of rotatable bonds is 6. The van der Waals surface area contributed by atoms with Crippen molar-refractivity contribution in [2.75, 3.05) is 13.6 Å². The minimum absolute atomic E-state index is 0.0921. The van der Waals surface area contributed by atoms with Gasteiger partial charge in [-0.1, -0.05) is 38.5 Å². The molecule has 0 saturated carbocycles. The van der Waals surface area contributed by atoms with Crippen LogP contribution in [0.1, 0.15) is 42.7 Å². The van der Waals surface area contributed by atoms with Crippen molar-refractivity contribution in [1.82, 2.24) is 20.6 Å². The van der Waals surface area contributed by atoms with Gasteiger partial charge in [-0.2, -0.15) is 0 Å². The van der Waals surface area contributed by atoms with Crippen LogP contribution in [0.4, 0.5) is 0 Å². The first kappa shape index (κ1) is 21.0. The van der Waals surface area contributed by atoms with Crippen molar-refractivity contribution in [2.24, 2.45) is 4.99 Å². The molecule has 29 heavy (non-hydrogen) atoms. The van der Waals surface area contributed by atoms with Gasteiger partial charge in [0.2, 0.25) is 5.89 Å². The van der Waals surface area contributed by atoms with Gasteiger partial charge in [0.25, 0.3) is 0 Å². The molecule has 2 aromatic heterocycles. The molecular formula is C22H29N5OS. The third-order valence-corrected chi connectivity index (χ3v) is 5.37. The third-order valence-electron chi connectivity index (χ3n) is 4.46. The van der Waals surface area contributed by atoms with Gasteiger partial charge in [-0.05, 0) is 19.1 Å². The zero-order valence-electron chi connectivity index (χ0n) is 17.7. The van der Waals surface area contributed by atoms with E-state index in [1.165, 1.54) is 5.56 Å². The lowest BCUT2D eigenvalue weighted by molar-refractivity contribution is 0.570. The van der Waals surface area contributed by atoms with Crippen molar-refractivity contribution in [3.8, 4) is 11.5 Å². The van der Waals surface area contributed by atoms with Crippen LogP contribution < -0.4 is 10.6 Å². The maximum Gasteiger partial charge on any atom is 0.226 e. The molecule has 154 valence electrons. The number of aryl methyl sites for hydroxylation is 1. The molecule has 3 aromatic rings. The number of benzene rings is 1. The van der Waals surface area contributed by atoms with Gasteiger partial charge in [0, 0.05) is 36.4 Å². The number of aromatic nitrogens is 2. The third kappa shape index (κ3) is 5.90. The molecule has 0 fully saturated rings. The lowest BCUT2D eigenvalue weighted by atomic mass is 9.93. The van der Waals surface area contributed by atoms with E-state index in [4.69, 9.17) is 9.40 Å². The fourth-order valence-electron chi connectivity index (χ4n) is 2.67. The summed E-state index contributed by atoms with van der Waals surface area (Å²) in [6, 6.07) is 8.14. The molecule has 0 aliphatic heterocycles. The van der Waals surface area contributed by atoms with Gasteiger partial charge in [0.1, 0.15) is 6.26 Å². The van der Waals surface area contributed by atoms with Gasteiger partial charge >= 0.3 is 0 Å². The second-order valence-corrected chi connectivity index (χ2v) is 8.93. The Morgan fingerprint density at radius 2 is 1.90 bits per heavy atom. The molecule has 2 N–H and O–H groups in total. The van der Waals surface area contributed by atoms with Crippen LogP contribution >= 0.6 is 11.3 Å². The molecule has 7 heteroatoms. The Morgan fingerprint density at radius 3 is 2.55 bits per heavy atom. The second-order valence-electron chi connectivity index (χ2n) is 7.99. The van der Waals surface area contributed by atoms with Crippen molar-refractivity contribution < 1.29 is 4.42 Å². The topological polar surface area (TPSA) is 75.3 Å². The normalized spacial score (nSPS) is 12.2. The van der Waals surface area contributed by atoms with E-state index in [1.54, 1.807) is 24.6 Å². The first-order valence-electron chi connectivity index (χ1n) is 9.76. The summed E-state index contributed by atoms with van der Waals surface area (Å²) in [5, 5.41) is 9.89. The Balaban J connectivity index is 1.47. The van der Waals surface area contributed by atoms with E-state index < -0.39 is 0 Å². The van der Waals surface area contributed by atoms with Crippen LogP contribution in [0.5, 0.6) is 0 Å². The van der Waals surface area contributed by atoms with Crippen molar-refractivity contribution in [3.05, 3.63) is 57.9 Å². The monoisotopic (exact) mass is 411 g/mol. The van der Waals surface area contributed by atoms with Crippen LogP contribution in [0.25, 0.3) is 11.5 Å². The molecule has 6 nitrogen and oxygen atoms in total. The van der Waals surface area contributed by atoms with Crippen molar-refractivity contribution >= 4 is 17.3 Å². The molecule has 0 amide bonds. The number of oxazole rings is 1. The van der Waals surface area contributed by atoms with E-state index in [0.717, 1.165) is 40.9 Å². The summed E-state index contributed by atoms with van der Waals surface area (Å²) in [7, 11) is 1.76. The Labute approximate surface area is 176 Å². The molecule has 2 heterocycles. The van der Waals surface area contributed by atoms with Gasteiger partial charge in [0.15, 0.2) is 5.96 Å². The molecule has 0 radical (unpaired) electrons. The fourth-order valence-corrected chi connectivity index (χ4v) is 3.69. The number of hydrogen-bond acceptors (Lipinski definition) is 5. The number of nitrogens with one attached hydrogen (secondary N) is 2. The lowest BCUT2D eigenvalue weighted by Gasteiger charge is -2.14. The van der Waals surface area contributed by atoms with Crippen LogP contribution in [-0.2, 0) is 18.4 Å². The summed E-state index contributed by atoms with van der Waals surface area (Å²) in [6.45, 7) is 9.92. The van der Waals surface area contributed by atoms with E-state index in [1.807, 2.05) is 12.1 Å².